The van der Waals surface area contributed by atoms with Crippen molar-refractivity contribution in [2.24, 2.45) is 0 Å². The van der Waals surface area contributed by atoms with Crippen LogP contribution in [-0.4, -0.2) is 11.1 Å². The van der Waals surface area contributed by atoms with E-state index in [0.29, 0.717) is 10.8 Å². The van der Waals surface area contributed by atoms with Gasteiger partial charge in [-0.1, -0.05) is 29.3 Å². The highest BCUT2D eigenvalue weighted by Gasteiger charge is 2.16. The molecular formula is C14H10Cl2O3. The molecule has 2 rings (SSSR count). The van der Waals surface area contributed by atoms with Crippen molar-refractivity contribution < 1.29 is 14.6 Å². The number of aromatic carboxylic acids is 1. The summed E-state index contributed by atoms with van der Waals surface area (Å²) < 4.78 is 5.56. The average molecular weight is 297 g/mol. The van der Waals surface area contributed by atoms with Gasteiger partial charge >= 0.3 is 5.97 Å². The molecule has 0 bridgehead atoms. The Labute approximate surface area is 120 Å². The number of benzene rings is 2. The van der Waals surface area contributed by atoms with Crippen molar-refractivity contribution in [3.8, 4) is 11.5 Å². The number of hydrogen-bond acceptors (Lipinski definition) is 2. The summed E-state index contributed by atoms with van der Waals surface area (Å²) in [6.45, 7) is 1.84. The van der Waals surface area contributed by atoms with Crippen molar-refractivity contribution in [2.75, 3.05) is 0 Å². The van der Waals surface area contributed by atoms with Gasteiger partial charge in [0.2, 0.25) is 0 Å². The van der Waals surface area contributed by atoms with Gasteiger partial charge in [-0.05, 0) is 42.8 Å². The van der Waals surface area contributed by atoms with Gasteiger partial charge in [0.05, 0.1) is 5.02 Å². The SMILES string of the molecule is Cc1cc(Oc2cccc(Cl)c2C(=O)O)ccc1Cl. The van der Waals surface area contributed by atoms with Crippen molar-refractivity contribution in [3.63, 3.8) is 0 Å². The molecule has 0 saturated carbocycles. The van der Waals surface area contributed by atoms with Gasteiger partial charge in [0.1, 0.15) is 17.1 Å². The standard InChI is InChI=1S/C14H10Cl2O3/c1-8-7-9(5-6-10(8)15)19-12-4-2-3-11(16)13(12)14(17)18/h2-7H,1H3,(H,17,18). The summed E-state index contributed by atoms with van der Waals surface area (Å²) in [7, 11) is 0. The molecular weight excluding hydrogens is 287 g/mol. The van der Waals surface area contributed by atoms with Crippen LogP contribution in [0.25, 0.3) is 0 Å². The van der Waals surface area contributed by atoms with E-state index in [4.69, 9.17) is 33.0 Å². The van der Waals surface area contributed by atoms with E-state index >= 15 is 0 Å². The van der Waals surface area contributed by atoms with E-state index in [9.17, 15) is 4.79 Å². The zero-order chi connectivity index (χ0) is 14.0. The highest BCUT2D eigenvalue weighted by molar-refractivity contribution is 6.34. The monoisotopic (exact) mass is 296 g/mol. The first-order valence-corrected chi connectivity index (χ1v) is 6.20. The maximum Gasteiger partial charge on any atom is 0.341 e. The van der Waals surface area contributed by atoms with Crippen molar-refractivity contribution in [1.29, 1.82) is 0 Å². The second-order valence-corrected chi connectivity index (χ2v) is 4.75. The normalized spacial score (nSPS) is 10.3. The molecule has 2 aromatic rings. The summed E-state index contributed by atoms with van der Waals surface area (Å²) >= 11 is 11.8. The minimum absolute atomic E-state index is 0.0585. The van der Waals surface area contributed by atoms with Crippen LogP contribution in [0, 0.1) is 6.92 Å². The molecule has 0 aliphatic carbocycles. The van der Waals surface area contributed by atoms with Crippen LogP contribution in [0.3, 0.4) is 0 Å². The van der Waals surface area contributed by atoms with Crippen molar-refractivity contribution in [2.45, 2.75) is 6.92 Å². The Kier molecular flexibility index (Phi) is 3.98. The van der Waals surface area contributed by atoms with Gasteiger partial charge in [-0.15, -0.1) is 0 Å². The van der Waals surface area contributed by atoms with Crippen LogP contribution < -0.4 is 4.74 Å². The molecule has 0 spiro atoms. The third-order valence-electron chi connectivity index (χ3n) is 2.55. The van der Waals surface area contributed by atoms with E-state index in [0.717, 1.165) is 5.56 Å². The quantitative estimate of drug-likeness (QED) is 0.885. The number of halogens is 2. The van der Waals surface area contributed by atoms with Crippen LogP contribution >= 0.6 is 23.2 Å². The fraction of sp³-hybridized carbons (Fsp3) is 0.0714. The summed E-state index contributed by atoms with van der Waals surface area (Å²) in [5.74, 6) is -0.431. The minimum atomic E-state index is -1.13. The summed E-state index contributed by atoms with van der Waals surface area (Å²) in [5, 5.41) is 9.89. The second kappa shape index (κ2) is 5.51. The second-order valence-electron chi connectivity index (χ2n) is 3.93. The van der Waals surface area contributed by atoms with Crippen LogP contribution in [0.15, 0.2) is 36.4 Å². The van der Waals surface area contributed by atoms with Gasteiger partial charge in [0.15, 0.2) is 0 Å². The van der Waals surface area contributed by atoms with Crippen molar-refractivity contribution in [1.82, 2.24) is 0 Å². The van der Waals surface area contributed by atoms with Crippen LogP contribution in [0.5, 0.6) is 11.5 Å². The van der Waals surface area contributed by atoms with Gasteiger partial charge in [-0.25, -0.2) is 4.79 Å². The molecule has 1 N–H and O–H groups in total. The number of carbonyl (C=O) groups is 1. The van der Waals surface area contributed by atoms with Gasteiger partial charge < -0.3 is 9.84 Å². The predicted octanol–water partition coefficient (Wildman–Crippen LogP) is 4.79. The Morgan fingerprint density at radius 2 is 1.89 bits per heavy atom. The molecule has 0 aromatic heterocycles. The van der Waals surface area contributed by atoms with Gasteiger partial charge in [0, 0.05) is 5.02 Å². The maximum absolute atomic E-state index is 11.2. The Morgan fingerprint density at radius 1 is 1.16 bits per heavy atom. The molecule has 0 heterocycles. The number of rotatable bonds is 3. The summed E-state index contributed by atoms with van der Waals surface area (Å²) in [6.07, 6.45) is 0. The average Bonchev–Trinajstić information content (AvgIpc) is 2.33. The van der Waals surface area contributed by atoms with E-state index in [1.54, 1.807) is 30.3 Å². The molecule has 2 aromatic carbocycles. The molecule has 98 valence electrons. The van der Waals surface area contributed by atoms with Crippen LogP contribution in [-0.2, 0) is 0 Å². The zero-order valence-corrected chi connectivity index (χ0v) is 11.5. The van der Waals surface area contributed by atoms with E-state index in [1.807, 2.05) is 6.92 Å². The van der Waals surface area contributed by atoms with Crippen LogP contribution in [0.2, 0.25) is 10.0 Å². The fourth-order valence-electron chi connectivity index (χ4n) is 1.60. The molecule has 0 aliphatic rings. The third-order valence-corrected chi connectivity index (χ3v) is 3.29. The topological polar surface area (TPSA) is 46.5 Å². The number of carboxylic acid groups (broad SMARTS) is 1. The summed E-state index contributed by atoms with van der Waals surface area (Å²) in [5.41, 5.74) is 0.787. The van der Waals surface area contributed by atoms with E-state index in [1.165, 1.54) is 6.07 Å². The lowest BCUT2D eigenvalue weighted by molar-refractivity contribution is 0.0694. The van der Waals surface area contributed by atoms with Gasteiger partial charge in [-0.2, -0.15) is 0 Å². The first-order chi connectivity index (χ1) is 8.99. The highest BCUT2D eigenvalue weighted by atomic mass is 35.5. The minimum Gasteiger partial charge on any atom is -0.478 e. The summed E-state index contributed by atoms with van der Waals surface area (Å²) in [6, 6.07) is 9.78. The first-order valence-electron chi connectivity index (χ1n) is 5.45. The molecule has 3 nitrogen and oxygen atoms in total. The lowest BCUT2D eigenvalue weighted by Gasteiger charge is -2.10. The molecule has 0 amide bonds. The Morgan fingerprint density at radius 3 is 2.53 bits per heavy atom. The van der Waals surface area contributed by atoms with Gasteiger partial charge in [-0.3, -0.25) is 0 Å². The fourth-order valence-corrected chi connectivity index (χ4v) is 1.97. The lowest BCUT2D eigenvalue weighted by Crippen LogP contribution is -2.01. The number of ether oxygens (including phenoxy) is 1. The van der Waals surface area contributed by atoms with E-state index < -0.39 is 5.97 Å². The molecule has 0 fully saturated rings. The predicted molar refractivity (Wildman–Crippen MR) is 74.7 cm³/mol. The third kappa shape index (κ3) is 3.00. The molecule has 19 heavy (non-hydrogen) atoms. The van der Waals surface area contributed by atoms with Gasteiger partial charge in [0.25, 0.3) is 0 Å². The molecule has 0 atom stereocenters. The zero-order valence-electron chi connectivity index (χ0n) is 9.98. The van der Waals surface area contributed by atoms with E-state index in [-0.39, 0.29) is 16.3 Å². The molecule has 5 heteroatoms. The van der Waals surface area contributed by atoms with Crippen LogP contribution in [0.1, 0.15) is 15.9 Å². The molecule has 0 aliphatic heterocycles. The molecule has 0 saturated heterocycles. The van der Waals surface area contributed by atoms with E-state index in [2.05, 4.69) is 0 Å². The Balaban J connectivity index is 2.40. The summed E-state index contributed by atoms with van der Waals surface area (Å²) in [4.78, 5) is 11.2. The highest BCUT2D eigenvalue weighted by Crippen LogP contribution is 2.31. The lowest BCUT2D eigenvalue weighted by atomic mass is 10.2. The molecule has 0 unspecified atom stereocenters. The number of carboxylic acids is 1. The van der Waals surface area contributed by atoms with Crippen molar-refractivity contribution in [3.05, 3.63) is 57.6 Å². The van der Waals surface area contributed by atoms with Crippen LogP contribution in [0.4, 0.5) is 0 Å². The Bertz CT molecular complexity index is 639. The van der Waals surface area contributed by atoms with Crippen molar-refractivity contribution >= 4 is 29.2 Å². The Hall–Kier alpha value is -1.71. The maximum atomic E-state index is 11.2. The number of hydrogen-bond donors (Lipinski definition) is 1. The first kappa shape index (κ1) is 13.7. The molecule has 0 radical (unpaired) electrons. The largest absolute Gasteiger partial charge is 0.478 e. The number of aryl methyl sites for hydroxylation is 1. The smallest absolute Gasteiger partial charge is 0.341 e.